The minimum atomic E-state index is -0.557. The molecule has 1 unspecified atom stereocenters. The number of halogens is 2. The second kappa shape index (κ2) is 5.33. The minimum Gasteiger partial charge on any atom is -0.391 e. The lowest BCUT2D eigenvalue weighted by molar-refractivity contribution is 0.0595. The molecule has 1 rings (SSSR count). The number of rotatable bonds is 3. The van der Waals surface area contributed by atoms with Crippen LogP contribution in [-0.4, -0.2) is 31.8 Å². The van der Waals surface area contributed by atoms with Crippen LogP contribution in [0.4, 0.5) is 0 Å². The average molecular weight is 394 g/mol. The average Bonchev–Trinajstić information content (AvgIpc) is 2.29. The summed E-state index contributed by atoms with van der Waals surface area (Å²) in [6.45, 7) is 0.582. The molecule has 2 radical (unpaired) electrons. The van der Waals surface area contributed by atoms with E-state index in [4.69, 9.17) is 14.0 Å². The lowest BCUT2D eigenvalue weighted by atomic mass is 9.84. The molecule has 0 saturated heterocycles. The van der Waals surface area contributed by atoms with Crippen LogP contribution in [0.25, 0.3) is 0 Å². The molecule has 1 aliphatic rings. The van der Waals surface area contributed by atoms with Gasteiger partial charge in [-0.1, -0.05) is 0 Å². The van der Waals surface area contributed by atoms with Crippen molar-refractivity contribution in [3.8, 4) is 0 Å². The van der Waals surface area contributed by atoms with E-state index >= 15 is 0 Å². The Morgan fingerprint density at radius 3 is 2.67 bits per heavy atom. The lowest BCUT2D eigenvalue weighted by Crippen LogP contribution is -2.29. The van der Waals surface area contributed by atoms with Gasteiger partial charge in [-0.2, -0.15) is 0 Å². The third-order valence-corrected chi connectivity index (χ3v) is 3.14. The Hall–Kier alpha value is 1.40. The lowest BCUT2D eigenvalue weighted by Gasteiger charge is -2.18. The van der Waals surface area contributed by atoms with E-state index < -0.39 is 6.10 Å². The zero-order chi connectivity index (χ0) is 9.14. The van der Waals surface area contributed by atoms with Crippen molar-refractivity contribution in [1.29, 1.82) is 0 Å². The number of aliphatic hydroxyl groups excluding tert-OH is 1. The Balaban J connectivity index is 2.52. The highest BCUT2D eigenvalue weighted by atomic mass is 127. The monoisotopic (exact) mass is 394 g/mol. The van der Waals surface area contributed by atoms with Gasteiger partial charge in [0.2, 0.25) is 0 Å². The van der Waals surface area contributed by atoms with Crippen molar-refractivity contribution in [2.24, 2.45) is 5.92 Å². The van der Waals surface area contributed by atoms with E-state index in [1.807, 2.05) is 23.0 Å². The summed E-state index contributed by atoms with van der Waals surface area (Å²) in [5, 5.41) is 9.54. The van der Waals surface area contributed by atoms with Gasteiger partial charge < -0.3 is 11.2 Å². The maximum atomic E-state index is 9.54. The number of hydrogen-bond acceptors (Lipinski definition) is 3. The van der Waals surface area contributed by atoms with E-state index in [9.17, 15) is 5.11 Å². The molecule has 4 atom stereocenters. The molecule has 0 amide bonds. The topological polar surface area (TPSA) is 38.7 Å². The molecule has 3 nitrogen and oxygen atoms in total. The SMILES string of the molecule is [B][C@@H]1C[C@H](COI)C(OI)[C@@H]1O. The quantitative estimate of drug-likeness (QED) is 0.582. The molecule has 68 valence electrons. The van der Waals surface area contributed by atoms with Crippen molar-refractivity contribution in [1.82, 2.24) is 0 Å². The first-order chi connectivity index (χ1) is 5.70. The van der Waals surface area contributed by atoms with Gasteiger partial charge in [0.05, 0.1) is 20.6 Å². The second-order valence-corrected chi connectivity index (χ2v) is 4.11. The van der Waals surface area contributed by atoms with E-state index in [-0.39, 0.29) is 17.8 Å². The summed E-state index contributed by atoms with van der Waals surface area (Å²) in [6.07, 6.45) is 0.0199. The molecule has 1 fully saturated rings. The molecule has 1 aliphatic carbocycles. The van der Waals surface area contributed by atoms with E-state index in [2.05, 4.69) is 0 Å². The Bertz CT molecular complexity index is 149. The molecule has 0 heterocycles. The fourth-order valence-corrected chi connectivity index (χ4v) is 2.69. The molecule has 12 heavy (non-hydrogen) atoms. The Morgan fingerprint density at radius 2 is 2.17 bits per heavy atom. The Morgan fingerprint density at radius 1 is 1.50 bits per heavy atom. The van der Waals surface area contributed by atoms with Gasteiger partial charge in [-0.25, -0.2) is 0 Å². The van der Waals surface area contributed by atoms with E-state index in [1.165, 1.54) is 0 Å². The van der Waals surface area contributed by atoms with Crippen molar-refractivity contribution >= 4 is 53.9 Å². The molecular formula is C6H9BI2O3. The predicted octanol–water partition coefficient (Wildman–Crippen LogP) is 1.43. The van der Waals surface area contributed by atoms with Gasteiger partial charge in [-0.3, -0.25) is 0 Å². The van der Waals surface area contributed by atoms with Crippen LogP contribution in [-0.2, 0) is 6.13 Å². The van der Waals surface area contributed by atoms with Crippen molar-refractivity contribution in [3.05, 3.63) is 0 Å². The summed E-state index contributed by atoms with van der Waals surface area (Å²) in [4.78, 5) is 0. The molecule has 0 bridgehead atoms. The highest BCUT2D eigenvalue weighted by Gasteiger charge is 2.40. The first kappa shape index (κ1) is 11.5. The van der Waals surface area contributed by atoms with Crippen LogP contribution >= 0.6 is 46.0 Å². The van der Waals surface area contributed by atoms with Crippen molar-refractivity contribution < 1.29 is 11.2 Å². The Labute approximate surface area is 101 Å². The predicted molar refractivity (Wildman–Crippen MR) is 62.5 cm³/mol. The van der Waals surface area contributed by atoms with Crippen molar-refractivity contribution in [3.63, 3.8) is 0 Å². The molecule has 0 aliphatic heterocycles. The molecule has 0 spiro atoms. The van der Waals surface area contributed by atoms with Crippen LogP contribution in [0.2, 0.25) is 5.82 Å². The van der Waals surface area contributed by atoms with E-state index in [0.717, 1.165) is 6.42 Å². The van der Waals surface area contributed by atoms with Gasteiger partial charge in [-0.05, 0) is 12.2 Å². The summed E-state index contributed by atoms with van der Waals surface area (Å²) in [7, 11) is 5.67. The van der Waals surface area contributed by atoms with Crippen LogP contribution in [0.15, 0.2) is 0 Å². The summed E-state index contributed by atoms with van der Waals surface area (Å²) >= 11 is 3.63. The van der Waals surface area contributed by atoms with Crippen LogP contribution in [0.1, 0.15) is 6.42 Å². The van der Waals surface area contributed by atoms with Gasteiger partial charge >= 0.3 is 0 Å². The summed E-state index contributed by atoms with van der Waals surface area (Å²) in [6, 6.07) is 0. The number of aliphatic hydroxyl groups is 1. The zero-order valence-electron chi connectivity index (χ0n) is 6.32. The van der Waals surface area contributed by atoms with Gasteiger partial charge in [0.25, 0.3) is 0 Å². The summed E-state index contributed by atoms with van der Waals surface area (Å²) in [5.41, 5.74) is 0. The molecule has 0 aromatic carbocycles. The molecule has 0 aromatic heterocycles. The highest BCUT2D eigenvalue weighted by molar-refractivity contribution is 14.1. The van der Waals surface area contributed by atoms with Crippen molar-refractivity contribution in [2.75, 3.05) is 6.61 Å². The number of hydrogen-bond donors (Lipinski definition) is 1. The van der Waals surface area contributed by atoms with Gasteiger partial charge in [0.15, 0.2) is 0 Å². The normalized spacial score (nSPS) is 41.9. The van der Waals surface area contributed by atoms with Crippen molar-refractivity contribution in [2.45, 2.75) is 24.4 Å². The molecule has 6 heteroatoms. The maximum absolute atomic E-state index is 9.54. The Kier molecular flexibility index (Phi) is 5.10. The third-order valence-electron chi connectivity index (χ3n) is 2.19. The summed E-state index contributed by atoms with van der Waals surface area (Å²) in [5.74, 6) is 0.0325. The van der Waals surface area contributed by atoms with E-state index in [1.54, 1.807) is 23.0 Å². The fraction of sp³-hybridized carbons (Fsp3) is 1.00. The first-order valence-corrected chi connectivity index (χ1v) is 5.41. The van der Waals surface area contributed by atoms with E-state index in [0.29, 0.717) is 6.61 Å². The second-order valence-electron chi connectivity index (χ2n) is 2.98. The smallest absolute Gasteiger partial charge is 0.110 e. The minimum absolute atomic E-state index is 0.179. The van der Waals surface area contributed by atoms with Gasteiger partial charge in [0, 0.05) is 5.92 Å². The molecule has 0 aromatic rings. The molecule has 1 N–H and O–H groups in total. The largest absolute Gasteiger partial charge is 0.391 e. The maximum Gasteiger partial charge on any atom is 0.110 e. The standard InChI is InChI=1S/C6H9BI2O3/c7-4-1-3(2-11-8)6(12-9)5(4)10/h3-6,10H,1-2H2/t3-,4-,5-,6?/m1/s1. The van der Waals surface area contributed by atoms with Gasteiger partial charge in [-0.15, -0.1) is 0 Å². The van der Waals surface area contributed by atoms with Crippen LogP contribution in [0.3, 0.4) is 0 Å². The highest BCUT2D eigenvalue weighted by Crippen LogP contribution is 2.37. The van der Waals surface area contributed by atoms with Gasteiger partial charge in [0.1, 0.15) is 52.1 Å². The van der Waals surface area contributed by atoms with Crippen LogP contribution in [0.5, 0.6) is 0 Å². The first-order valence-electron chi connectivity index (χ1n) is 3.65. The zero-order valence-corrected chi connectivity index (χ0v) is 10.6. The van der Waals surface area contributed by atoms with Crippen LogP contribution < -0.4 is 0 Å². The molecule has 1 saturated carbocycles. The third kappa shape index (κ3) is 2.46. The summed E-state index contributed by atoms with van der Waals surface area (Å²) < 4.78 is 10.1. The van der Waals surface area contributed by atoms with Crippen LogP contribution in [0, 0.1) is 5.92 Å². The fourth-order valence-electron chi connectivity index (χ4n) is 1.51. The molecular weight excluding hydrogens is 385 g/mol.